The minimum atomic E-state index is 0.838. The summed E-state index contributed by atoms with van der Waals surface area (Å²) in [6, 6.07) is 6.60. The van der Waals surface area contributed by atoms with Crippen LogP contribution in [-0.2, 0) is 11.8 Å². The van der Waals surface area contributed by atoms with Gasteiger partial charge >= 0.3 is 0 Å². The Kier molecular flexibility index (Phi) is 2.79. The molecule has 0 saturated heterocycles. The molecule has 3 heteroatoms. The number of aryl methyl sites for hydroxylation is 1. The molecule has 1 aromatic heterocycles. The maximum absolute atomic E-state index is 5.94. The Labute approximate surface area is 96.1 Å². The Morgan fingerprint density at radius 2 is 2.21 bits per heavy atom. The summed E-state index contributed by atoms with van der Waals surface area (Å²) < 4.78 is 1.30. The first kappa shape index (κ1) is 9.99. The van der Waals surface area contributed by atoms with Gasteiger partial charge in [-0.05, 0) is 23.4 Å². The van der Waals surface area contributed by atoms with Gasteiger partial charge in [0.05, 0.1) is 5.00 Å². The molecule has 0 fully saturated rings. The van der Waals surface area contributed by atoms with Gasteiger partial charge < -0.3 is 5.73 Å². The molecule has 0 unspecified atom stereocenters. The van der Waals surface area contributed by atoms with Gasteiger partial charge in [0.25, 0.3) is 0 Å². The van der Waals surface area contributed by atoms with E-state index in [4.69, 9.17) is 5.73 Å². The molecule has 0 bridgehead atoms. The van der Waals surface area contributed by atoms with E-state index in [-0.39, 0.29) is 0 Å². The summed E-state index contributed by atoms with van der Waals surface area (Å²) in [6.07, 6.45) is 1.08. The third-order valence-corrected chi connectivity index (χ3v) is 4.02. The Bertz CT molecular complexity index is 462. The van der Waals surface area contributed by atoms with Crippen LogP contribution < -0.4 is 5.73 Å². The summed E-state index contributed by atoms with van der Waals surface area (Å²) in [5.41, 5.74) is 8.55. The van der Waals surface area contributed by atoms with E-state index in [1.807, 2.05) is 0 Å². The maximum atomic E-state index is 5.94. The van der Waals surface area contributed by atoms with E-state index in [1.165, 1.54) is 21.2 Å². The van der Waals surface area contributed by atoms with E-state index in [9.17, 15) is 0 Å². The molecule has 0 saturated carbocycles. The fraction of sp³-hybridized carbons (Fsp3) is 0.273. The summed E-state index contributed by atoms with van der Waals surface area (Å²) in [5, 5.41) is 3.07. The lowest BCUT2D eigenvalue weighted by Crippen LogP contribution is -1.84. The Morgan fingerprint density at radius 1 is 1.43 bits per heavy atom. The van der Waals surface area contributed by atoms with Crippen LogP contribution in [0, 0.1) is 0 Å². The molecule has 14 heavy (non-hydrogen) atoms. The Balaban J connectivity index is 2.68. The summed E-state index contributed by atoms with van der Waals surface area (Å²) >= 11 is 5.15. The number of nitrogens with two attached hydrogens (primary N) is 1. The number of nitrogen functional groups attached to an aromatic ring is 1. The van der Waals surface area contributed by atoms with Crippen LogP contribution in [0.3, 0.4) is 0 Å². The summed E-state index contributed by atoms with van der Waals surface area (Å²) in [4.78, 5) is 0. The number of anilines is 1. The highest BCUT2D eigenvalue weighted by Crippen LogP contribution is 2.35. The molecule has 2 aromatic rings. The maximum Gasteiger partial charge on any atom is 0.0910 e. The van der Waals surface area contributed by atoms with Crippen LogP contribution in [0.1, 0.15) is 18.1 Å². The van der Waals surface area contributed by atoms with Crippen LogP contribution in [0.4, 0.5) is 5.00 Å². The second kappa shape index (κ2) is 3.91. The molecule has 2 rings (SSSR count). The topological polar surface area (TPSA) is 26.0 Å². The molecule has 1 heterocycles. The van der Waals surface area contributed by atoms with Gasteiger partial charge in [0, 0.05) is 15.6 Å². The second-order valence-electron chi connectivity index (χ2n) is 3.26. The van der Waals surface area contributed by atoms with Gasteiger partial charge in [0.15, 0.2) is 0 Å². The van der Waals surface area contributed by atoms with Crippen molar-refractivity contribution in [2.75, 3.05) is 5.73 Å². The number of hydrogen-bond donors (Lipinski definition) is 1. The number of fused-ring (bicyclic) bond motifs is 1. The predicted octanol–water partition coefficient (Wildman–Crippen LogP) is 3.94. The predicted molar refractivity (Wildman–Crippen MR) is 68.2 cm³/mol. The monoisotopic (exact) mass is 269 g/mol. The normalized spacial score (nSPS) is 11.0. The van der Waals surface area contributed by atoms with E-state index < -0.39 is 0 Å². The zero-order valence-electron chi connectivity index (χ0n) is 8.01. The van der Waals surface area contributed by atoms with Crippen molar-refractivity contribution in [1.29, 1.82) is 0 Å². The molecule has 0 aliphatic carbocycles. The van der Waals surface area contributed by atoms with Crippen LogP contribution in [0.5, 0.6) is 0 Å². The van der Waals surface area contributed by atoms with Crippen LogP contribution in [0.2, 0.25) is 0 Å². The highest BCUT2D eigenvalue weighted by molar-refractivity contribution is 9.08. The summed E-state index contributed by atoms with van der Waals surface area (Å²) in [6.45, 7) is 2.17. The van der Waals surface area contributed by atoms with Gasteiger partial charge in [-0.15, -0.1) is 11.3 Å². The first-order valence-corrected chi connectivity index (χ1v) is 6.55. The van der Waals surface area contributed by atoms with E-state index in [1.54, 1.807) is 11.3 Å². The van der Waals surface area contributed by atoms with Crippen molar-refractivity contribution in [2.45, 2.75) is 18.7 Å². The molecule has 0 amide bonds. The SMILES string of the molecule is CCc1ccc2c(CBr)c(N)sc2c1. The fourth-order valence-electron chi connectivity index (χ4n) is 1.57. The minimum absolute atomic E-state index is 0.838. The molecule has 0 aliphatic rings. The van der Waals surface area contributed by atoms with Crippen molar-refractivity contribution in [1.82, 2.24) is 0 Å². The molecule has 1 nitrogen and oxygen atoms in total. The first-order valence-electron chi connectivity index (χ1n) is 4.62. The number of rotatable bonds is 2. The number of benzene rings is 1. The smallest absolute Gasteiger partial charge is 0.0910 e. The van der Waals surface area contributed by atoms with Crippen molar-refractivity contribution in [2.24, 2.45) is 0 Å². The zero-order chi connectivity index (χ0) is 10.1. The van der Waals surface area contributed by atoms with Gasteiger partial charge in [0.1, 0.15) is 0 Å². The van der Waals surface area contributed by atoms with E-state index in [0.29, 0.717) is 0 Å². The first-order chi connectivity index (χ1) is 6.76. The molecule has 0 radical (unpaired) electrons. The molecule has 0 atom stereocenters. The zero-order valence-corrected chi connectivity index (χ0v) is 10.4. The van der Waals surface area contributed by atoms with Gasteiger partial charge in [-0.3, -0.25) is 0 Å². The molecular formula is C11H12BrNS. The molecule has 2 N–H and O–H groups in total. The van der Waals surface area contributed by atoms with Gasteiger partial charge in [-0.1, -0.05) is 35.0 Å². The lowest BCUT2D eigenvalue weighted by atomic mass is 10.1. The van der Waals surface area contributed by atoms with Crippen LogP contribution in [-0.4, -0.2) is 0 Å². The molecule has 74 valence electrons. The van der Waals surface area contributed by atoms with Crippen molar-refractivity contribution >= 4 is 42.4 Å². The average molecular weight is 270 g/mol. The largest absolute Gasteiger partial charge is 0.390 e. The number of halogens is 1. The highest BCUT2D eigenvalue weighted by atomic mass is 79.9. The average Bonchev–Trinajstić information content (AvgIpc) is 2.51. The number of hydrogen-bond acceptors (Lipinski definition) is 2. The van der Waals surface area contributed by atoms with Gasteiger partial charge in [-0.25, -0.2) is 0 Å². The van der Waals surface area contributed by atoms with Crippen molar-refractivity contribution < 1.29 is 0 Å². The fourth-order valence-corrected chi connectivity index (χ4v) is 3.41. The van der Waals surface area contributed by atoms with Crippen LogP contribution in [0.15, 0.2) is 18.2 Å². The lowest BCUT2D eigenvalue weighted by molar-refractivity contribution is 1.15. The summed E-state index contributed by atoms with van der Waals surface area (Å²) in [5.74, 6) is 0. The minimum Gasteiger partial charge on any atom is -0.390 e. The Morgan fingerprint density at radius 3 is 2.86 bits per heavy atom. The summed E-state index contributed by atoms with van der Waals surface area (Å²) in [7, 11) is 0. The van der Waals surface area contributed by atoms with Gasteiger partial charge in [-0.2, -0.15) is 0 Å². The third-order valence-electron chi connectivity index (χ3n) is 2.43. The number of alkyl halides is 1. The van der Waals surface area contributed by atoms with Gasteiger partial charge in [0.2, 0.25) is 0 Å². The van der Waals surface area contributed by atoms with E-state index in [2.05, 4.69) is 41.1 Å². The Hall–Kier alpha value is -0.540. The van der Waals surface area contributed by atoms with Crippen LogP contribution in [0.25, 0.3) is 10.1 Å². The van der Waals surface area contributed by atoms with Crippen LogP contribution >= 0.6 is 27.3 Å². The number of thiophene rings is 1. The standard InChI is InChI=1S/C11H12BrNS/c1-2-7-3-4-8-9(6-12)11(13)14-10(8)5-7/h3-5H,2,6,13H2,1H3. The lowest BCUT2D eigenvalue weighted by Gasteiger charge is -1.97. The molecule has 0 spiro atoms. The second-order valence-corrected chi connectivity index (χ2v) is 4.91. The molecule has 1 aromatic carbocycles. The molecule has 0 aliphatic heterocycles. The van der Waals surface area contributed by atoms with Crippen molar-refractivity contribution in [3.63, 3.8) is 0 Å². The quantitative estimate of drug-likeness (QED) is 0.822. The van der Waals surface area contributed by atoms with E-state index >= 15 is 0 Å². The third kappa shape index (κ3) is 1.55. The van der Waals surface area contributed by atoms with Crippen molar-refractivity contribution in [3.8, 4) is 0 Å². The molecular weight excluding hydrogens is 258 g/mol. The van der Waals surface area contributed by atoms with E-state index in [0.717, 1.165) is 16.8 Å². The highest BCUT2D eigenvalue weighted by Gasteiger charge is 2.08. The van der Waals surface area contributed by atoms with Crippen molar-refractivity contribution in [3.05, 3.63) is 29.3 Å².